The normalized spacial score (nSPS) is 13.1. The third-order valence-corrected chi connectivity index (χ3v) is 4.04. The molecule has 3 nitrogen and oxygen atoms in total. The van der Waals surface area contributed by atoms with Gasteiger partial charge in [0.1, 0.15) is 5.75 Å². The van der Waals surface area contributed by atoms with Crippen molar-refractivity contribution in [2.45, 2.75) is 39.5 Å². The number of hydrogen-bond acceptors (Lipinski definition) is 3. The lowest BCUT2D eigenvalue weighted by molar-refractivity contribution is 0.324. The molecule has 0 fully saturated rings. The second-order valence-corrected chi connectivity index (χ2v) is 5.96. The Bertz CT molecular complexity index is 431. The molecule has 0 aromatic heterocycles. The minimum Gasteiger partial charge on any atom is -0.493 e. The van der Waals surface area contributed by atoms with Crippen LogP contribution in [-0.2, 0) is 0 Å². The molecule has 1 rings (SSSR count). The van der Waals surface area contributed by atoms with Gasteiger partial charge in [0, 0.05) is 5.02 Å². The number of ether oxygens (including phenoxy) is 1. The highest BCUT2D eigenvalue weighted by atomic mass is 35.5. The van der Waals surface area contributed by atoms with E-state index in [4.69, 9.17) is 27.8 Å². The van der Waals surface area contributed by atoms with Crippen molar-refractivity contribution in [1.29, 1.82) is 0 Å². The van der Waals surface area contributed by atoms with Crippen LogP contribution in [0.4, 0.5) is 0 Å². The van der Waals surface area contributed by atoms with E-state index in [0.29, 0.717) is 25.6 Å². The Morgan fingerprint density at radius 3 is 2.10 bits per heavy atom. The predicted molar refractivity (Wildman–Crippen MR) is 86.7 cm³/mol. The fourth-order valence-electron chi connectivity index (χ4n) is 2.47. The van der Waals surface area contributed by atoms with Gasteiger partial charge in [-0.05, 0) is 61.0 Å². The maximum absolute atomic E-state index is 6.28. The molecule has 0 amide bonds. The van der Waals surface area contributed by atoms with Crippen LogP contribution in [0.3, 0.4) is 0 Å². The molecule has 0 saturated heterocycles. The molecule has 0 bridgehead atoms. The summed E-state index contributed by atoms with van der Waals surface area (Å²) in [6.45, 7) is 10.2. The topological polar surface area (TPSA) is 61.3 Å². The van der Waals surface area contributed by atoms with Gasteiger partial charge in [0.25, 0.3) is 0 Å². The standard InChI is InChI=1S/C16H27ClN2O/c1-5-20-16-14(10(2)3)6-13(17)7-15(16)11(4)12(8-18)9-19/h6-7,10-12H,5,8-9,18-19H2,1-4H3. The Kier molecular flexibility index (Phi) is 6.80. The van der Waals surface area contributed by atoms with Crippen LogP contribution in [0.2, 0.25) is 5.02 Å². The second-order valence-electron chi connectivity index (χ2n) is 5.52. The third-order valence-electron chi connectivity index (χ3n) is 3.83. The number of nitrogens with two attached hydrogens (primary N) is 2. The van der Waals surface area contributed by atoms with Crippen molar-refractivity contribution < 1.29 is 4.74 Å². The van der Waals surface area contributed by atoms with Gasteiger partial charge in [0.2, 0.25) is 0 Å². The van der Waals surface area contributed by atoms with E-state index in [1.807, 2.05) is 19.1 Å². The number of benzene rings is 1. The summed E-state index contributed by atoms with van der Waals surface area (Å²) < 4.78 is 5.90. The lowest BCUT2D eigenvalue weighted by Gasteiger charge is -2.26. The Hall–Kier alpha value is -0.770. The molecule has 0 aliphatic carbocycles. The first-order valence-electron chi connectivity index (χ1n) is 7.32. The van der Waals surface area contributed by atoms with Gasteiger partial charge in [-0.15, -0.1) is 0 Å². The molecule has 1 unspecified atom stereocenters. The fourth-order valence-corrected chi connectivity index (χ4v) is 2.71. The van der Waals surface area contributed by atoms with Crippen LogP contribution in [0.15, 0.2) is 12.1 Å². The summed E-state index contributed by atoms with van der Waals surface area (Å²) in [6, 6.07) is 3.98. The van der Waals surface area contributed by atoms with Crippen molar-refractivity contribution in [3.8, 4) is 5.75 Å². The maximum atomic E-state index is 6.28. The number of rotatable bonds is 7. The van der Waals surface area contributed by atoms with E-state index < -0.39 is 0 Å². The van der Waals surface area contributed by atoms with Crippen LogP contribution in [0.25, 0.3) is 0 Å². The minimum absolute atomic E-state index is 0.225. The highest BCUT2D eigenvalue weighted by Gasteiger charge is 2.23. The molecule has 20 heavy (non-hydrogen) atoms. The summed E-state index contributed by atoms with van der Waals surface area (Å²) in [5.74, 6) is 1.76. The summed E-state index contributed by atoms with van der Waals surface area (Å²) in [5, 5.41) is 0.742. The smallest absolute Gasteiger partial charge is 0.126 e. The van der Waals surface area contributed by atoms with Crippen LogP contribution >= 0.6 is 11.6 Å². The van der Waals surface area contributed by atoms with E-state index in [1.54, 1.807) is 0 Å². The van der Waals surface area contributed by atoms with Gasteiger partial charge in [0.05, 0.1) is 6.61 Å². The summed E-state index contributed by atoms with van der Waals surface area (Å²) in [6.07, 6.45) is 0. The number of halogens is 1. The van der Waals surface area contributed by atoms with E-state index in [2.05, 4.69) is 20.8 Å². The maximum Gasteiger partial charge on any atom is 0.126 e. The molecule has 1 aromatic rings. The van der Waals surface area contributed by atoms with E-state index in [-0.39, 0.29) is 11.8 Å². The monoisotopic (exact) mass is 298 g/mol. The van der Waals surface area contributed by atoms with Crippen LogP contribution < -0.4 is 16.2 Å². The average Bonchev–Trinajstić information content (AvgIpc) is 2.41. The van der Waals surface area contributed by atoms with Crippen LogP contribution in [0, 0.1) is 5.92 Å². The Balaban J connectivity index is 3.35. The van der Waals surface area contributed by atoms with Gasteiger partial charge in [-0.1, -0.05) is 32.4 Å². The highest BCUT2D eigenvalue weighted by Crippen LogP contribution is 2.39. The molecule has 4 heteroatoms. The van der Waals surface area contributed by atoms with Crippen LogP contribution in [-0.4, -0.2) is 19.7 Å². The third kappa shape index (κ3) is 3.87. The van der Waals surface area contributed by atoms with E-state index in [0.717, 1.165) is 21.9 Å². The summed E-state index contributed by atoms with van der Waals surface area (Å²) in [7, 11) is 0. The number of hydrogen-bond donors (Lipinski definition) is 2. The van der Waals surface area contributed by atoms with Crippen molar-refractivity contribution in [2.24, 2.45) is 17.4 Å². The first-order valence-corrected chi connectivity index (χ1v) is 7.70. The van der Waals surface area contributed by atoms with Gasteiger partial charge in [-0.2, -0.15) is 0 Å². The quantitative estimate of drug-likeness (QED) is 0.810. The fraction of sp³-hybridized carbons (Fsp3) is 0.625. The van der Waals surface area contributed by atoms with E-state index in [1.165, 1.54) is 0 Å². The molecule has 1 aromatic carbocycles. The first-order chi connectivity index (χ1) is 9.46. The Morgan fingerprint density at radius 1 is 1.10 bits per heavy atom. The Morgan fingerprint density at radius 2 is 1.65 bits per heavy atom. The molecule has 114 valence electrons. The molecule has 0 saturated carbocycles. The molecule has 4 N–H and O–H groups in total. The van der Waals surface area contributed by atoms with Crippen molar-refractivity contribution in [3.63, 3.8) is 0 Å². The highest BCUT2D eigenvalue weighted by molar-refractivity contribution is 6.30. The van der Waals surface area contributed by atoms with Gasteiger partial charge in [-0.25, -0.2) is 0 Å². The molecule has 0 spiro atoms. The molecule has 0 aliphatic rings. The molecule has 0 radical (unpaired) electrons. The predicted octanol–water partition coefficient (Wildman–Crippen LogP) is 3.50. The zero-order chi connectivity index (χ0) is 15.3. The summed E-state index contributed by atoms with van der Waals surface area (Å²) >= 11 is 6.28. The van der Waals surface area contributed by atoms with Gasteiger partial charge in [0.15, 0.2) is 0 Å². The van der Waals surface area contributed by atoms with Crippen molar-refractivity contribution >= 4 is 11.6 Å². The molecule has 1 atom stereocenters. The van der Waals surface area contributed by atoms with Gasteiger partial charge in [-0.3, -0.25) is 0 Å². The van der Waals surface area contributed by atoms with E-state index >= 15 is 0 Å². The zero-order valence-corrected chi connectivity index (χ0v) is 13.7. The van der Waals surface area contributed by atoms with Gasteiger partial charge < -0.3 is 16.2 Å². The molecular weight excluding hydrogens is 272 g/mol. The largest absolute Gasteiger partial charge is 0.493 e. The first kappa shape index (κ1) is 17.3. The van der Waals surface area contributed by atoms with Crippen LogP contribution in [0.5, 0.6) is 5.75 Å². The van der Waals surface area contributed by atoms with Crippen molar-refractivity contribution in [1.82, 2.24) is 0 Å². The van der Waals surface area contributed by atoms with E-state index in [9.17, 15) is 0 Å². The minimum atomic E-state index is 0.225. The molecule has 0 heterocycles. The summed E-state index contributed by atoms with van der Waals surface area (Å²) in [5.41, 5.74) is 13.9. The Labute approximate surface area is 127 Å². The molecule has 0 aliphatic heterocycles. The lowest BCUT2D eigenvalue weighted by Crippen LogP contribution is -2.28. The van der Waals surface area contributed by atoms with Crippen molar-refractivity contribution in [3.05, 3.63) is 28.3 Å². The SMILES string of the molecule is CCOc1c(C(C)C)cc(Cl)cc1C(C)C(CN)CN. The second kappa shape index (κ2) is 7.87. The molecular formula is C16H27ClN2O. The lowest BCUT2D eigenvalue weighted by atomic mass is 9.85. The van der Waals surface area contributed by atoms with Crippen molar-refractivity contribution in [2.75, 3.05) is 19.7 Å². The summed E-state index contributed by atoms with van der Waals surface area (Å²) in [4.78, 5) is 0. The van der Waals surface area contributed by atoms with Gasteiger partial charge >= 0.3 is 0 Å². The average molecular weight is 299 g/mol. The van der Waals surface area contributed by atoms with Crippen LogP contribution in [0.1, 0.15) is 50.7 Å². The zero-order valence-electron chi connectivity index (χ0n) is 12.9.